The molecule has 0 aliphatic rings. The highest BCUT2D eigenvalue weighted by Crippen LogP contribution is 2.04. The summed E-state index contributed by atoms with van der Waals surface area (Å²) in [4.78, 5) is 21.2. The third kappa shape index (κ3) is 4.28. The van der Waals surface area contributed by atoms with Gasteiger partial charge in [-0.1, -0.05) is 18.7 Å². The first-order chi connectivity index (χ1) is 7.56. The normalized spacial score (nSPS) is 8.31. The Hall–Kier alpha value is -2.30. The Morgan fingerprint density at radius 3 is 2.00 bits per heavy atom. The van der Waals surface area contributed by atoms with E-state index in [2.05, 4.69) is 11.3 Å². The minimum absolute atomic E-state index is 0.0349. The minimum Gasteiger partial charge on any atom is -0.545 e. The Balaban J connectivity index is 0.000000673. The molecular weight excluding hydrogens is 212 g/mol. The van der Waals surface area contributed by atoms with E-state index in [0.717, 1.165) is 6.26 Å². The van der Waals surface area contributed by atoms with Gasteiger partial charge in [-0.3, -0.25) is 0 Å². The largest absolute Gasteiger partial charge is 0.545 e. The van der Waals surface area contributed by atoms with Crippen molar-refractivity contribution in [2.24, 2.45) is 0 Å². The van der Waals surface area contributed by atoms with Crippen LogP contribution in [0.25, 0.3) is 0 Å². The maximum Gasteiger partial charge on any atom is 0.337 e. The summed E-state index contributed by atoms with van der Waals surface area (Å²) in [7, 11) is 1.26. The predicted octanol–water partition coefficient (Wildman–Crippen LogP) is 0.525. The van der Waals surface area contributed by atoms with Gasteiger partial charge >= 0.3 is 5.97 Å². The Morgan fingerprint density at radius 1 is 1.31 bits per heavy atom. The molecule has 1 N–H and O–H groups in total. The highest BCUT2D eigenvalue weighted by Gasteiger charge is 2.03. The molecule has 0 radical (unpaired) electrons. The molecule has 1 aromatic rings. The molecule has 0 amide bonds. The van der Waals surface area contributed by atoms with E-state index in [1.165, 1.54) is 31.4 Å². The summed E-state index contributed by atoms with van der Waals surface area (Å²) in [5, 5.41) is 17.7. The summed E-state index contributed by atoms with van der Waals surface area (Å²) in [6.45, 7) is 2.92. The number of ether oxygens (including phenoxy) is 1. The van der Waals surface area contributed by atoms with Gasteiger partial charge in [-0.2, -0.15) is 0 Å². The number of hydrogen-bond acceptors (Lipinski definition) is 5. The van der Waals surface area contributed by atoms with Crippen LogP contribution in [0.1, 0.15) is 20.7 Å². The van der Waals surface area contributed by atoms with Crippen LogP contribution in [0.5, 0.6) is 0 Å². The molecule has 0 spiro atoms. The molecular formula is C11H11O5-. The number of hydrogen-bond donors (Lipinski definition) is 1. The lowest BCUT2D eigenvalue weighted by Gasteiger charge is -2.02. The zero-order chi connectivity index (χ0) is 12.6. The molecule has 5 nitrogen and oxygen atoms in total. The van der Waals surface area contributed by atoms with E-state index in [1.54, 1.807) is 0 Å². The molecule has 0 heterocycles. The zero-order valence-electron chi connectivity index (χ0n) is 8.67. The fourth-order valence-electron chi connectivity index (χ4n) is 0.860. The van der Waals surface area contributed by atoms with Crippen molar-refractivity contribution in [3.63, 3.8) is 0 Å². The number of esters is 1. The maximum absolute atomic E-state index is 10.9. The number of aliphatic hydroxyl groups excluding tert-OH is 1. The van der Waals surface area contributed by atoms with Crippen LogP contribution < -0.4 is 5.11 Å². The summed E-state index contributed by atoms with van der Waals surface area (Å²) in [6, 6.07) is 5.33. The second-order valence-corrected chi connectivity index (χ2v) is 2.54. The van der Waals surface area contributed by atoms with Crippen LogP contribution in [-0.4, -0.2) is 24.2 Å². The summed E-state index contributed by atoms with van der Waals surface area (Å²) < 4.78 is 4.43. The van der Waals surface area contributed by atoms with Gasteiger partial charge in [0.1, 0.15) is 0 Å². The third-order valence-corrected chi connectivity index (χ3v) is 1.54. The number of carbonyl (C=O) groups is 2. The number of carbonyl (C=O) groups excluding carboxylic acids is 2. The van der Waals surface area contributed by atoms with E-state index in [0.29, 0.717) is 5.56 Å². The van der Waals surface area contributed by atoms with Crippen molar-refractivity contribution >= 4 is 11.9 Å². The highest BCUT2D eigenvalue weighted by atomic mass is 16.5. The van der Waals surface area contributed by atoms with Crippen LogP contribution in [0.15, 0.2) is 37.1 Å². The predicted molar refractivity (Wildman–Crippen MR) is 54.9 cm³/mol. The molecule has 0 bridgehead atoms. The van der Waals surface area contributed by atoms with E-state index < -0.39 is 11.9 Å². The first kappa shape index (κ1) is 13.7. The first-order valence-corrected chi connectivity index (χ1v) is 4.21. The average molecular weight is 223 g/mol. The topological polar surface area (TPSA) is 86.7 Å². The highest BCUT2D eigenvalue weighted by molar-refractivity contribution is 5.91. The lowest BCUT2D eigenvalue weighted by molar-refractivity contribution is -0.255. The monoisotopic (exact) mass is 223 g/mol. The number of methoxy groups -OCH3 is 1. The summed E-state index contributed by atoms with van der Waals surface area (Å²) in [6.07, 6.45) is 0.750. The Labute approximate surface area is 92.6 Å². The molecule has 1 aromatic carbocycles. The molecule has 0 aliphatic heterocycles. The van der Waals surface area contributed by atoms with Gasteiger partial charge in [0.25, 0.3) is 0 Å². The van der Waals surface area contributed by atoms with Gasteiger partial charge in [0, 0.05) is 0 Å². The van der Waals surface area contributed by atoms with E-state index in [4.69, 9.17) is 5.11 Å². The van der Waals surface area contributed by atoms with Crippen molar-refractivity contribution in [3.8, 4) is 0 Å². The van der Waals surface area contributed by atoms with Crippen LogP contribution in [0.4, 0.5) is 0 Å². The van der Waals surface area contributed by atoms with Gasteiger partial charge in [-0.25, -0.2) is 4.79 Å². The fraction of sp³-hybridized carbons (Fsp3) is 0.0909. The number of aliphatic hydroxyl groups is 1. The summed E-state index contributed by atoms with van der Waals surface area (Å²) in [5.74, 6) is -1.76. The smallest absolute Gasteiger partial charge is 0.337 e. The van der Waals surface area contributed by atoms with E-state index in [-0.39, 0.29) is 5.56 Å². The van der Waals surface area contributed by atoms with E-state index >= 15 is 0 Å². The standard InChI is InChI=1S/C9H8O4.C2H4O/c1-13-9(12)7-4-2-6(3-5-7)8(10)11;1-2-3/h2-5H,1H3,(H,10,11);2-3H,1H2/p-1. The number of carboxylic acids is 1. The molecule has 0 unspecified atom stereocenters. The van der Waals surface area contributed by atoms with Crippen LogP contribution in [0, 0.1) is 0 Å². The fourth-order valence-corrected chi connectivity index (χ4v) is 0.860. The molecule has 0 fully saturated rings. The van der Waals surface area contributed by atoms with Crippen molar-refractivity contribution in [2.75, 3.05) is 7.11 Å². The van der Waals surface area contributed by atoms with Gasteiger partial charge in [0.05, 0.1) is 24.9 Å². The Morgan fingerprint density at radius 2 is 1.69 bits per heavy atom. The maximum atomic E-state index is 10.9. The molecule has 0 saturated carbocycles. The molecule has 0 aromatic heterocycles. The van der Waals surface area contributed by atoms with Gasteiger partial charge in [-0.15, -0.1) is 0 Å². The lowest BCUT2D eigenvalue weighted by atomic mass is 10.1. The second-order valence-electron chi connectivity index (χ2n) is 2.54. The third-order valence-electron chi connectivity index (χ3n) is 1.54. The van der Waals surface area contributed by atoms with Gasteiger partial charge in [0.15, 0.2) is 0 Å². The molecule has 0 saturated heterocycles. The summed E-state index contributed by atoms with van der Waals surface area (Å²) in [5.41, 5.74) is 0.347. The molecule has 1 rings (SSSR count). The van der Waals surface area contributed by atoms with Gasteiger partial charge in [0.2, 0.25) is 0 Å². The Kier molecular flexibility index (Phi) is 6.04. The van der Waals surface area contributed by atoms with Crippen molar-refractivity contribution < 1.29 is 24.5 Å². The summed E-state index contributed by atoms with van der Waals surface area (Å²) >= 11 is 0. The Bertz CT molecular complexity index is 366. The number of aromatic carboxylic acids is 1. The van der Waals surface area contributed by atoms with Crippen LogP contribution in [0.2, 0.25) is 0 Å². The van der Waals surface area contributed by atoms with Crippen LogP contribution >= 0.6 is 0 Å². The zero-order valence-corrected chi connectivity index (χ0v) is 8.67. The van der Waals surface area contributed by atoms with Gasteiger partial charge < -0.3 is 19.7 Å². The minimum atomic E-state index is -1.27. The van der Waals surface area contributed by atoms with Gasteiger partial charge in [-0.05, 0) is 17.7 Å². The number of benzene rings is 1. The molecule has 0 atom stereocenters. The van der Waals surface area contributed by atoms with E-state index in [9.17, 15) is 14.7 Å². The van der Waals surface area contributed by atoms with Crippen molar-refractivity contribution in [3.05, 3.63) is 48.2 Å². The average Bonchev–Trinajstić information content (AvgIpc) is 2.29. The number of carboxylic acid groups (broad SMARTS) is 1. The van der Waals surface area contributed by atoms with E-state index in [1.807, 2.05) is 0 Å². The SMILES string of the molecule is C=CO.COC(=O)c1ccc(C(=O)[O-])cc1. The van der Waals surface area contributed by atoms with Crippen molar-refractivity contribution in [1.82, 2.24) is 0 Å². The van der Waals surface area contributed by atoms with Crippen molar-refractivity contribution in [2.45, 2.75) is 0 Å². The molecule has 0 aliphatic carbocycles. The van der Waals surface area contributed by atoms with Crippen LogP contribution in [-0.2, 0) is 4.74 Å². The quantitative estimate of drug-likeness (QED) is 0.583. The molecule has 16 heavy (non-hydrogen) atoms. The van der Waals surface area contributed by atoms with Crippen LogP contribution in [0.3, 0.4) is 0 Å². The second kappa shape index (κ2) is 7.05. The lowest BCUT2D eigenvalue weighted by Crippen LogP contribution is -2.22. The molecule has 5 heteroatoms. The molecule has 86 valence electrons. The first-order valence-electron chi connectivity index (χ1n) is 4.21. The number of rotatable bonds is 2. The van der Waals surface area contributed by atoms with Crippen molar-refractivity contribution in [1.29, 1.82) is 0 Å².